The third-order valence-corrected chi connectivity index (χ3v) is 3.82. The van der Waals surface area contributed by atoms with Crippen LogP contribution in [0, 0.1) is 6.92 Å². The number of aromatic nitrogens is 1. The molecule has 0 saturated carbocycles. The summed E-state index contributed by atoms with van der Waals surface area (Å²) in [5.41, 5.74) is 2.90. The number of benzene rings is 2. The van der Waals surface area contributed by atoms with Gasteiger partial charge in [0.05, 0.1) is 16.6 Å². The van der Waals surface area contributed by atoms with E-state index in [2.05, 4.69) is 17.2 Å². The fraction of sp³-hybridized carbons (Fsp3) is 0.211. The molecule has 0 aliphatic heterocycles. The first-order valence-electron chi connectivity index (χ1n) is 7.62. The SMILES string of the molecule is Cc1ccc(OC(C)C)cc1Nc1ccc2cccc(Cl)c2n1. The standard InChI is InChI=1S/C19H19ClN2O/c1-12(2)23-15-9-7-13(3)17(11-15)21-18-10-8-14-5-4-6-16(20)19(14)22-18/h4-12H,1-3H3,(H,21,22). The summed E-state index contributed by atoms with van der Waals surface area (Å²) in [7, 11) is 0. The molecule has 0 atom stereocenters. The molecule has 0 bridgehead atoms. The van der Waals surface area contributed by atoms with Crippen molar-refractivity contribution in [3.63, 3.8) is 0 Å². The molecule has 0 aliphatic rings. The number of hydrogen-bond acceptors (Lipinski definition) is 3. The zero-order chi connectivity index (χ0) is 16.4. The van der Waals surface area contributed by atoms with E-state index in [1.54, 1.807) is 0 Å². The number of para-hydroxylation sites is 1. The summed E-state index contributed by atoms with van der Waals surface area (Å²) in [6.45, 7) is 6.08. The van der Waals surface area contributed by atoms with Gasteiger partial charge in [0.25, 0.3) is 0 Å². The van der Waals surface area contributed by atoms with Crippen molar-refractivity contribution in [2.45, 2.75) is 26.9 Å². The maximum absolute atomic E-state index is 6.24. The van der Waals surface area contributed by atoms with Crippen molar-refractivity contribution in [2.24, 2.45) is 0 Å². The quantitative estimate of drug-likeness (QED) is 0.665. The highest BCUT2D eigenvalue weighted by Crippen LogP contribution is 2.28. The highest BCUT2D eigenvalue weighted by atomic mass is 35.5. The summed E-state index contributed by atoms with van der Waals surface area (Å²) in [5, 5.41) is 5.03. The highest BCUT2D eigenvalue weighted by molar-refractivity contribution is 6.35. The maximum Gasteiger partial charge on any atom is 0.131 e. The van der Waals surface area contributed by atoms with Crippen LogP contribution in [0.25, 0.3) is 10.9 Å². The first-order chi connectivity index (χ1) is 11.0. The molecular formula is C19H19ClN2O. The minimum absolute atomic E-state index is 0.142. The molecule has 3 nitrogen and oxygen atoms in total. The molecule has 4 heteroatoms. The monoisotopic (exact) mass is 326 g/mol. The molecule has 1 aromatic heterocycles. The van der Waals surface area contributed by atoms with Crippen molar-refractivity contribution >= 4 is 34.0 Å². The van der Waals surface area contributed by atoms with E-state index < -0.39 is 0 Å². The second-order valence-corrected chi connectivity index (χ2v) is 6.18. The second-order valence-electron chi connectivity index (χ2n) is 5.78. The van der Waals surface area contributed by atoms with Crippen molar-refractivity contribution in [1.29, 1.82) is 0 Å². The lowest BCUT2D eigenvalue weighted by Crippen LogP contribution is -2.06. The lowest BCUT2D eigenvalue weighted by Gasteiger charge is -2.14. The van der Waals surface area contributed by atoms with E-state index in [-0.39, 0.29) is 6.10 Å². The molecule has 2 aromatic carbocycles. The summed E-state index contributed by atoms with van der Waals surface area (Å²) in [6.07, 6.45) is 0.142. The van der Waals surface area contributed by atoms with E-state index in [0.717, 1.165) is 33.7 Å². The zero-order valence-corrected chi connectivity index (χ0v) is 14.2. The number of ether oxygens (including phenoxy) is 1. The third-order valence-electron chi connectivity index (χ3n) is 3.51. The van der Waals surface area contributed by atoms with Gasteiger partial charge in [-0.3, -0.25) is 0 Å². The Morgan fingerprint density at radius 3 is 2.70 bits per heavy atom. The Morgan fingerprint density at radius 1 is 1.09 bits per heavy atom. The van der Waals surface area contributed by atoms with E-state index in [4.69, 9.17) is 16.3 Å². The number of aryl methyl sites for hydroxylation is 1. The van der Waals surface area contributed by atoms with Gasteiger partial charge in [-0.25, -0.2) is 4.98 Å². The Morgan fingerprint density at radius 2 is 1.91 bits per heavy atom. The maximum atomic E-state index is 6.24. The summed E-state index contributed by atoms with van der Waals surface area (Å²) in [5.74, 6) is 1.60. The Labute approximate surface area is 141 Å². The van der Waals surface area contributed by atoms with Crippen LogP contribution in [0.4, 0.5) is 11.5 Å². The molecule has 1 N–H and O–H groups in total. The molecule has 0 fully saturated rings. The van der Waals surface area contributed by atoms with Crippen LogP contribution < -0.4 is 10.1 Å². The minimum Gasteiger partial charge on any atom is -0.491 e. The Hall–Kier alpha value is -2.26. The van der Waals surface area contributed by atoms with Crippen LogP contribution in [-0.4, -0.2) is 11.1 Å². The van der Waals surface area contributed by atoms with Crippen molar-refractivity contribution in [3.8, 4) is 5.75 Å². The topological polar surface area (TPSA) is 34.1 Å². The van der Waals surface area contributed by atoms with Crippen LogP contribution in [0.2, 0.25) is 5.02 Å². The predicted molar refractivity (Wildman–Crippen MR) is 97.0 cm³/mol. The van der Waals surface area contributed by atoms with Crippen LogP contribution in [0.5, 0.6) is 5.75 Å². The summed E-state index contributed by atoms with van der Waals surface area (Å²) < 4.78 is 5.76. The second kappa shape index (κ2) is 6.47. The Balaban J connectivity index is 1.93. The van der Waals surface area contributed by atoms with Crippen molar-refractivity contribution < 1.29 is 4.74 Å². The number of rotatable bonds is 4. The van der Waals surface area contributed by atoms with E-state index in [1.807, 2.05) is 62.4 Å². The molecular weight excluding hydrogens is 308 g/mol. The molecule has 118 valence electrons. The average Bonchev–Trinajstić information content (AvgIpc) is 2.51. The Bertz CT molecular complexity index is 846. The molecule has 0 amide bonds. The molecule has 3 aromatic rings. The van der Waals surface area contributed by atoms with Crippen molar-refractivity contribution in [1.82, 2.24) is 4.98 Å². The van der Waals surface area contributed by atoms with E-state index in [0.29, 0.717) is 5.02 Å². The van der Waals surface area contributed by atoms with Gasteiger partial charge in [0, 0.05) is 17.1 Å². The van der Waals surface area contributed by atoms with E-state index in [9.17, 15) is 0 Å². The molecule has 0 saturated heterocycles. The number of hydrogen-bond donors (Lipinski definition) is 1. The Kier molecular flexibility index (Phi) is 4.39. The first kappa shape index (κ1) is 15.6. The van der Waals surface area contributed by atoms with Gasteiger partial charge in [-0.05, 0) is 50.6 Å². The third kappa shape index (κ3) is 3.57. The van der Waals surface area contributed by atoms with Crippen LogP contribution in [-0.2, 0) is 0 Å². The number of fused-ring (bicyclic) bond motifs is 1. The van der Waals surface area contributed by atoms with Gasteiger partial charge in [0.2, 0.25) is 0 Å². The van der Waals surface area contributed by atoms with Gasteiger partial charge in [0.1, 0.15) is 11.6 Å². The van der Waals surface area contributed by atoms with Crippen LogP contribution in [0.15, 0.2) is 48.5 Å². The van der Waals surface area contributed by atoms with E-state index in [1.165, 1.54) is 0 Å². The average molecular weight is 327 g/mol. The van der Waals surface area contributed by atoms with Crippen molar-refractivity contribution in [2.75, 3.05) is 5.32 Å². The smallest absolute Gasteiger partial charge is 0.131 e. The van der Waals surface area contributed by atoms with Crippen molar-refractivity contribution in [3.05, 3.63) is 59.1 Å². The molecule has 1 heterocycles. The van der Waals surface area contributed by atoms with Gasteiger partial charge >= 0.3 is 0 Å². The normalized spacial score (nSPS) is 11.0. The number of halogens is 1. The first-order valence-corrected chi connectivity index (χ1v) is 8.00. The number of nitrogens with zero attached hydrogens (tertiary/aromatic N) is 1. The molecule has 3 rings (SSSR count). The molecule has 23 heavy (non-hydrogen) atoms. The van der Waals surface area contributed by atoms with Crippen LogP contribution >= 0.6 is 11.6 Å². The van der Waals surface area contributed by atoms with Crippen LogP contribution in [0.3, 0.4) is 0 Å². The lowest BCUT2D eigenvalue weighted by atomic mass is 10.2. The van der Waals surface area contributed by atoms with Crippen LogP contribution in [0.1, 0.15) is 19.4 Å². The number of pyridine rings is 1. The highest BCUT2D eigenvalue weighted by Gasteiger charge is 2.06. The summed E-state index contributed by atoms with van der Waals surface area (Å²) in [6, 6.07) is 15.8. The van der Waals surface area contributed by atoms with Gasteiger partial charge in [-0.2, -0.15) is 0 Å². The molecule has 0 spiro atoms. The largest absolute Gasteiger partial charge is 0.491 e. The minimum atomic E-state index is 0.142. The van der Waals surface area contributed by atoms with Gasteiger partial charge in [0.15, 0.2) is 0 Å². The molecule has 0 unspecified atom stereocenters. The summed E-state index contributed by atoms with van der Waals surface area (Å²) >= 11 is 6.24. The zero-order valence-electron chi connectivity index (χ0n) is 13.4. The molecule has 0 radical (unpaired) electrons. The number of nitrogens with one attached hydrogen (secondary N) is 1. The van der Waals surface area contributed by atoms with Gasteiger partial charge in [-0.15, -0.1) is 0 Å². The van der Waals surface area contributed by atoms with Gasteiger partial charge in [-0.1, -0.05) is 29.8 Å². The molecule has 0 aliphatic carbocycles. The fourth-order valence-corrected chi connectivity index (χ4v) is 2.62. The predicted octanol–water partition coefficient (Wildman–Crippen LogP) is 5.73. The summed E-state index contributed by atoms with van der Waals surface area (Å²) in [4.78, 5) is 4.62. The fourth-order valence-electron chi connectivity index (χ4n) is 2.40. The number of anilines is 2. The van der Waals surface area contributed by atoms with E-state index >= 15 is 0 Å². The lowest BCUT2D eigenvalue weighted by molar-refractivity contribution is 0.242. The van der Waals surface area contributed by atoms with Gasteiger partial charge < -0.3 is 10.1 Å².